The summed E-state index contributed by atoms with van der Waals surface area (Å²) in [5.41, 5.74) is 1.01. The van der Waals surface area contributed by atoms with E-state index in [1.807, 2.05) is 30.3 Å². The predicted octanol–water partition coefficient (Wildman–Crippen LogP) is 0.426. The summed E-state index contributed by atoms with van der Waals surface area (Å²) in [7, 11) is 0. The van der Waals surface area contributed by atoms with Gasteiger partial charge in [-0.3, -0.25) is 10.1 Å². The number of esters is 1. The van der Waals surface area contributed by atoms with Gasteiger partial charge in [0.25, 0.3) is 0 Å². The lowest BCUT2D eigenvalue weighted by atomic mass is 10.0. The van der Waals surface area contributed by atoms with Crippen molar-refractivity contribution < 1.29 is 24.2 Å². The number of hydrogen-bond acceptors (Lipinski definition) is 6. The van der Waals surface area contributed by atoms with Crippen molar-refractivity contribution >= 4 is 17.7 Å². The van der Waals surface area contributed by atoms with E-state index in [1.165, 1.54) is 12.2 Å². The molecular formula is C18H20N2O5. The average Bonchev–Trinajstić information content (AvgIpc) is 2.60. The fraction of sp³-hybridized carbons (Fsp3) is 0.278. The molecule has 0 bridgehead atoms. The number of ketones is 1. The van der Waals surface area contributed by atoms with Crippen molar-refractivity contribution in [3.63, 3.8) is 0 Å². The highest BCUT2D eigenvalue weighted by Crippen LogP contribution is 2.11. The van der Waals surface area contributed by atoms with Crippen LogP contribution >= 0.6 is 0 Å². The molecule has 25 heavy (non-hydrogen) atoms. The summed E-state index contributed by atoms with van der Waals surface area (Å²) in [4.78, 5) is 35.4. The van der Waals surface area contributed by atoms with E-state index in [0.717, 1.165) is 5.56 Å². The highest BCUT2D eigenvalue weighted by Gasteiger charge is 2.31. The Bertz CT molecular complexity index is 684. The number of nitrogens with one attached hydrogen (secondary N) is 2. The molecule has 1 aliphatic heterocycles. The molecule has 1 aromatic carbocycles. The van der Waals surface area contributed by atoms with Crippen molar-refractivity contribution in [2.24, 2.45) is 0 Å². The maximum Gasteiger partial charge on any atom is 0.329 e. The number of carboxylic acid groups (broad SMARTS) is 1. The van der Waals surface area contributed by atoms with Crippen molar-refractivity contribution in [2.75, 3.05) is 13.2 Å². The van der Waals surface area contributed by atoms with Gasteiger partial charge in [0.2, 0.25) is 0 Å². The van der Waals surface area contributed by atoms with Gasteiger partial charge in [-0.25, -0.2) is 9.59 Å². The normalized spacial score (nSPS) is 18.0. The number of rotatable bonds is 8. The molecular weight excluding hydrogens is 324 g/mol. The number of carbonyl (C=O) groups is 3. The summed E-state index contributed by atoms with van der Waals surface area (Å²) in [6.45, 7) is 3.48. The molecule has 1 aromatic rings. The summed E-state index contributed by atoms with van der Waals surface area (Å²) in [6.07, 6.45) is 2.88. The highest BCUT2D eigenvalue weighted by molar-refractivity contribution is 5.96. The number of aliphatic carboxylic acids is 1. The largest absolute Gasteiger partial charge is 0.480 e. The standard InChI is InChI=1S/C18H20N2O5/c1-2-8-25-18(24)16-14(10-13(21)11-19-16)20-15(17(22)23)9-12-6-4-3-5-7-12/h2-7,10,15-16,19-20H,1,8-9,11H2,(H,22,23)/t15-,16?/m0/s1. The first-order valence-electron chi connectivity index (χ1n) is 7.80. The van der Waals surface area contributed by atoms with E-state index in [1.54, 1.807) is 0 Å². The minimum Gasteiger partial charge on any atom is -0.480 e. The Morgan fingerprint density at radius 2 is 2.12 bits per heavy atom. The maximum atomic E-state index is 12.1. The molecule has 0 amide bonds. The van der Waals surface area contributed by atoms with E-state index in [-0.39, 0.29) is 31.1 Å². The number of hydrogen-bond donors (Lipinski definition) is 3. The Balaban J connectivity index is 2.15. The topological polar surface area (TPSA) is 105 Å². The molecule has 0 radical (unpaired) electrons. The lowest BCUT2D eigenvalue weighted by molar-refractivity contribution is -0.145. The van der Waals surface area contributed by atoms with Crippen LogP contribution < -0.4 is 10.6 Å². The predicted molar refractivity (Wildman–Crippen MR) is 90.7 cm³/mol. The molecule has 1 aliphatic rings. The van der Waals surface area contributed by atoms with Crippen LogP contribution in [0.1, 0.15) is 5.56 Å². The molecule has 0 aliphatic carbocycles. The van der Waals surface area contributed by atoms with Gasteiger partial charge in [-0.2, -0.15) is 0 Å². The molecule has 0 saturated heterocycles. The van der Waals surface area contributed by atoms with Crippen molar-refractivity contribution in [1.82, 2.24) is 10.6 Å². The maximum absolute atomic E-state index is 12.1. The number of benzene rings is 1. The third-order valence-corrected chi connectivity index (χ3v) is 3.61. The van der Waals surface area contributed by atoms with E-state index in [0.29, 0.717) is 0 Å². The lowest BCUT2D eigenvalue weighted by Crippen LogP contribution is -2.52. The Hall–Kier alpha value is -2.93. The Morgan fingerprint density at radius 3 is 2.76 bits per heavy atom. The van der Waals surface area contributed by atoms with Crippen molar-refractivity contribution in [2.45, 2.75) is 18.5 Å². The minimum absolute atomic E-state index is 0.0184. The second-order valence-corrected chi connectivity index (χ2v) is 5.52. The summed E-state index contributed by atoms with van der Waals surface area (Å²) >= 11 is 0. The van der Waals surface area contributed by atoms with Gasteiger partial charge >= 0.3 is 11.9 Å². The molecule has 0 aromatic heterocycles. The molecule has 2 atom stereocenters. The van der Waals surface area contributed by atoms with Crippen LogP contribution in [0.3, 0.4) is 0 Å². The van der Waals surface area contributed by atoms with Crippen LogP contribution in [-0.4, -0.2) is 48.1 Å². The van der Waals surface area contributed by atoms with Crippen molar-refractivity contribution in [3.05, 3.63) is 60.3 Å². The molecule has 1 heterocycles. The first-order chi connectivity index (χ1) is 12.0. The Kier molecular flexibility index (Phi) is 6.47. The van der Waals surface area contributed by atoms with Crippen LogP contribution in [0.4, 0.5) is 0 Å². The smallest absolute Gasteiger partial charge is 0.329 e. The summed E-state index contributed by atoms with van der Waals surface area (Å²) in [6, 6.07) is 7.18. The zero-order valence-corrected chi connectivity index (χ0v) is 13.6. The third kappa shape index (κ3) is 5.29. The second-order valence-electron chi connectivity index (χ2n) is 5.52. The van der Waals surface area contributed by atoms with E-state index in [4.69, 9.17) is 4.74 Å². The summed E-state index contributed by atoms with van der Waals surface area (Å²) < 4.78 is 5.00. The van der Waals surface area contributed by atoms with E-state index in [9.17, 15) is 19.5 Å². The molecule has 132 valence electrons. The number of ether oxygens (including phenoxy) is 1. The van der Waals surface area contributed by atoms with Crippen molar-refractivity contribution in [1.29, 1.82) is 0 Å². The first kappa shape index (κ1) is 18.4. The van der Waals surface area contributed by atoms with Crippen LogP contribution in [0.5, 0.6) is 0 Å². The Labute approximate surface area is 145 Å². The SMILES string of the molecule is C=CCOC(=O)C1NCC(=O)C=C1N[C@@H](Cc1ccccc1)C(=O)O. The van der Waals surface area contributed by atoms with Gasteiger partial charge < -0.3 is 15.2 Å². The lowest BCUT2D eigenvalue weighted by Gasteiger charge is -2.27. The molecule has 7 heteroatoms. The molecule has 7 nitrogen and oxygen atoms in total. The van der Waals surface area contributed by atoms with Crippen LogP contribution in [-0.2, 0) is 25.5 Å². The Morgan fingerprint density at radius 1 is 1.40 bits per heavy atom. The van der Waals surface area contributed by atoms with Gasteiger partial charge in [-0.1, -0.05) is 43.0 Å². The molecule has 0 fully saturated rings. The minimum atomic E-state index is -1.08. The monoisotopic (exact) mass is 344 g/mol. The molecule has 0 saturated carbocycles. The zero-order chi connectivity index (χ0) is 18.2. The third-order valence-electron chi connectivity index (χ3n) is 3.61. The van der Waals surface area contributed by atoms with Gasteiger partial charge in [-0.15, -0.1) is 0 Å². The molecule has 3 N–H and O–H groups in total. The first-order valence-corrected chi connectivity index (χ1v) is 7.80. The summed E-state index contributed by atoms with van der Waals surface area (Å²) in [5, 5.41) is 15.0. The van der Waals surface area contributed by atoms with E-state index < -0.39 is 24.0 Å². The molecule has 2 rings (SSSR count). The second kappa shape index (κ2) is 8.79. The molecule has 1 unspecified atom stereocenters. The van der Waals surface area contributed by atoms with E-state index in [2.05, 4.69) is 17.2 Å². The number of carboxylic acids is 1. The van der Waals surface area contributed by atoms with Crippen molar-refractivity contribution in [3.8, 4) is 0 Å². The fourth-order valence-electron chi connectivity index (χ4n) is 2.43. The highest BCUT2D eigenvalue weighted by atomic mass is 16.5. The number of carbonyl (C=O) groups excluding carboxylic acids is 2. The van der Waals surface area contributed by atoms with Gasteiger partial charge in [0.15, 0.2) is 5.78 Å². The van der Waals surface area contributed by atoms with Crippen LogP contribution in [0.15, 0.2) is 54.8 Å². The van der Waals surface area contributed by atoms with Crippen LogP contribution in [0.2, 0.25) is 0 Å². The van der Waals surface area contributed by atoms with Crippen LogP contribution in [0, 0.1) is 0 Å². The average molecular weight is 344 g/mol. The van der Waals surface area contributed by atoms with Gasteiger partial charge in [0.1, 0.15) is 18.7 Å². The zero-order valence-electron chi connectivity index (χ0n) is 13.6. The van der Waals surface area contributed by atoms with E-state index >= 15 is 0 Å². The van der Waals surface area contributed by atoms with Gasteiger partial charge in [-0.05, 0) is 5.56 Å². The van der Waals surface area contributed by atoms with Gasteiger partial charge in [0.05, 0.1) is 6.54 Å². The quantitative estimate of drug-likeness (QED) is 0.464. The fourth-order valence-corrected chi connectivity index (χ4v) is 2.43. The van der Waals surface area contributed by atoms with Gasteiger partial charge in [0, 0.05) is 18.2 Å². The van der Waals surface area contributed by atoms with Crippen LogP contribution in [0.25, 0.3) is 0 Å². The molecule has 0 spiro atoms. The summed E-state index contributed by atoms with van der Waals surface area (Å²) in [5.74, 6) is -1.94.